The number of allylic oxidation sites excluding steroid dienone is 1. The molecule has 3 aliphatic heterocycles. The zero-order valence-electron chi connectivity index (χ0n) is 22.6. The van der Waals surface area contributed by atoms with Gasteiger partial charge in [0.1, 0.15) is 11.9 Å². The van der Waals surface area contributed by atoms with E-state index in [9.17, 15) is 18.0 Å². The molecule has 4 heterocycles. The SMILES string of the molecule is C=C1C=C(C(F)(F)F)C(C(=O)Nc2cc(-c3ccc(OC4CCOCC4)nc3)c(F)cc2N2CCN(C)CC2)=CN1. The molecular weight excluding hydrogens is 542 g/mol. The molecule has 218 valence electrons. The van der Waals surface area contributed by atoms with Crippen LogP contribution in [0.15, 0.2) is 66.2 Å². The Balaban J connectivity index is 1.45. The number of dihydropyridines is 1. The van der Waals surface area contributed by atoms with E-state index in [-0.39, 0.29) is 23.1 Å². The van der Waals surface area contributed by atoms with Crippen molar-refractivity contribution in [3.05, 3.63) is 72.0 Å². The van der Waals surface area contributed by atoms with Gasteiger partial charge in [-0.2, -0.15) is 13.2 Å². The van der Waals surface area contributed by atoms with Gasteiger partial charge >= 0.3 is 6.18 Å². The number of carbonyl (C=O) groups is 1. The second-order valence-electron chi connectivity index (χ2n) is 10.2. The molecule has 2 N–H and O–H groups in total. The van der Waals surface area contributed by atoms with E-state index in [4.69, 9.17) is 9.47 Å². The lowest BCUT2D eigenvalue weighted by molar-refractivity contribution is -0.115. The van der Waals surface area contributed by atoms with E-state index >= 15 is 4.39 Å². The molecule has 8 nitrogen and oxygen atoms in total. The van der Waals surface area contributed by atoms with Crippen molar-refractivity contribution in [3.8, 4) is 17.0 Å². The number of anilines is 2. The summed E-state index contributed by atoms with van der Waals surface area (Å²) in [5, 5.41) is 5.18. The van der Waals surface area contributed by atoms with Crippen LogP contribution in [-0.4, -0.2) is 74.5 Å². The summed E-state index contributed by atoms with van der Waals surface area (Å²) in [7, 11) is 1.97. The van der Waals surface area contributed by atoms with Crippen LogP contribution in [-0.2, 0) is 9.53 Å². The smallest absolute Gasteiger partial charge is 0.417 e. The molecule has 2 aromatic rings. The molecular formula is C29H31F4N5O3. The number of pyridine rings is 1. The Morgan fingerprint density at radius 2 is 1.90 bits per heavy atom. The van der Waals surface area contributed by atoms with Crippen LogP contribution in [0, 0.1) is 5.82 Å². The predicted molar refractivity (Wildman–Crippen MR) is 147 cm³/mol. The number of carbonyl (C=O) groups excluding carboxylic acids is 1. The van der Waals surface area contributed by atoms with Gasteiger partial charge < -0.3 is 29.9 Å². The molecule has 0 atom stereocenters. The molecule has 2 saturated heterocycles. The summed E-state index contributed by atoms with van der Waals surface area (Å²) in [6.07, 6.45) is -0.0652. The third-order valence-electron chi connectivity index (χ3n) is 7.24. The molecule has 0 bridgehead atoms. The number of rotatable bonds is 6. The van der Waals surface area contributed by atoms with E-state index in [1.165, 1.54) is 18.3 Å². The summed E-state index contributed by atoms with van der Waals surface area (Å²) in [6, 6.07) is 6.04. The van der Waals surface area contributed by atoms with Crippen LogP contribution >= 0.6 is 0 Å². The van der Waals surface area contributed by atoms with Crippen molar-refractivity contribution >= 4 is 17.3 Å². The van der Waals surface area contributed by atoms with E-state index in [0.717, 1.165) is 25.1 Å². The van der Waals surface area contributed by atoms with Gasteiger partial charge in [0.15, 0.2) is 0 Å². The third-order valence-corrected chi connectivity index (χ3v) is 7.24. The Hall–Kier alpha value is -3.90. The molecule has 0 spiro atoms. The molecule has 12 heteroatoms. The molecule has 1 aromatic carbocycles. The van der Waals surface area contributed by atoms with Crippen LogP contribution in [0.25, 0.3) is 11.1 Å². The highest BCUT2D eigenvalue weighted by Gasteiger charge is 2.40. The Bertz CT molecular complexity index is 1360. The van der Waals surface area contributed by atoms with E-state index in [0.29, 0.717) is 56.5 Å². The lowest BCUT2D eigenvalue weighted by Crippen LogP contribution is -2.44. The van der Waals surface area contributed by atoms with Crippen LogP contribution in [0.4, 0.5) is 28.9 Å². The summed E-state index contributed by atoms with van der Waals surface area (Å²) in [4.78, 5) is 21.6. The number of ether oxygens (including phenoxy) is 2. The van der Waals surface area contributed by atoms with E-state index < -0.39 is 29.0 Å². The van der Waals surface area contributed by atoms with Crippen LogP contribution in [0.3, 0.4) is 0 Å². The minimum absolute atomic E-state index is 0.00724. The highest BCUT2D eigenvalue weighted by atomic mass is 19.4. The minimum atomic E-state index is -4.78. The Labute approximate surface area is 235 Å². The second-order valence-corrected chi connectivity index (χ2v) is 10.2. The highest BCUT2D eigenvalue weighted by molar-refractivity contribution is 6.09. The molecule has 3 aliphatic rings. The number of halogens is 4. The molecule has 5 rings (SSSR count). The number of alkyl halides is 3. The van der Waals surface area contributed by atoms with Gasteiger partial charge in [-0.15, -0.1) is 0 Å². The van der Waals surface area contributed by atoms with Crippen molar-refractivity contribution in [2.45, 2.75) is 25.1 Å². The number of benzene rings is 1. The van der Waals surface area contributed by atoms with Gasteiger partial charge in [-0.05, 0) is 31.3 Å². The quantitative estimate of drug-likeness (QED) is 0.489. The Morgan fingerprint density at radius 1 is 1.17 bits per heavy atom. The summed E-state index contributed by atoms with van der Waals surface area (Å²) in [6.45, 7) is 7.23. The maximum absolute atomic E-state index is 15.6. The van der Waals surface area contributed by atoms with Crippen molar-refractivity contribution in [3.63, 3.8) is 0 Å². The number of amides is 1. The van der Waals surface area contributed by atoms with Crippen molar-refractivity contribution in [1.82, 2.24) is 15.2 Å². The maximum atomic E-state index is 15.6. The van der Waals surface area contributed by atoms with Gasteiger partial charge in [0.25, 0.3) is 5.91 Å². The average molecular weight is 574 g/mol. The maximum Gasteiger partial charge on any atom is 0.417 e. The van der Waals surface area contributed by atoms with Crippen LogP contribution in [0.2, 0.25) is 0 Å². The van der Waals surface area contributed by atoms with Crippen LogP contribution < -0.4 is 20.3 Å². The number of hydrogen-bond donors (Lipinski definition) is 2. The number of aromatic nitrogens is 1. The fourth-order valence-corrected chi connectivity index (χ4v) is 4.92. The summed E-state index contributed by atoms with van der Waals surface area (Å²) in [5.41, 5.74) is -0.584. The topological polar surface area (TPSA) is 79.0 Å². The van der Waals surface area contributed by atoms with Crippen molar-refractivity contribution in [2.75, 3.05) is 56.7 Å². The number of hydrogen-bond acceptors (Lipinski definition) is 7. The normalized spacial score (nSPS) is 18.9. The highest BCUT2D eigenvalue weighted by Crippen LogP contribution is 2.38. The first-order valence-electron chi connectivity index (χ1n) is 13.3. The van der Waals surface area contributed by atoms with E-state index in [1.54, 1.807) is 12.1 Å². The average Bonchev–Trinajstić information content (AvgIpc) is 2.95. The standard InChI is InChI=1S/C29H31F4N5O3/c1-18-13-23(29(31,32)33)22(17-34-18)28(39)36-25-14-21(24(30)15-26(25)38-9-7-37(2)8-10-38)19-3-4-27(35-16-19)41-20-5-11-40-12-6-20/h3-4,13-17,20,34H,1,5-12H2,2H3,(H,36,39). The van der Waals surface area contributed by atoms with Gasteiger partial charge in [-0.1, -0.05) is 6.58 Å². The van der Waals surface area contributed by atoms with Crippen molar-refractivity contribution in [2.24, 2.45) is 0 Å². The molecule has 0 saturated carbocycles. The van der Waals surface area contributed by atoms with Crippen molar-refractivity contribution < 1.29 is 31.8 Å². The number of likely N-dealkylation sites (N-methyl/N-ethyl adjacent to an activating group) is 1. The molecule has 0 aliphatic carbocycles. The molecule has 41 heavy (non-hydrogen) atoms. The molecule has 0 unspecified atom stereocenters. The lowest BCUT2D eigenvalue weighted by atomic mass is 10.0. The Kier molecular flexibility index (Phi) is 8.32. The van der Waals surface area contributed by atoms with Gasteiger partial charge in [0.05, 0.1) is 35.7 Å². The molecule has 0 radical (unpaired) electrons. The Morgan fingerprint density at radius 3 is 2.56 bits per heavy atom. The zero-order chi connectivity index (χ0) is 29.1. The fraction of sp³-hybridized carbons (Fsp3) is 0.379. The monoisotopic (exact) mass is 573 g/mol. The number of piperazine rings is 1. The van der Waals surface area contributed by atoms with Crippen molar-refractivity contribution in [1.29, 1.82) is 0 Å². The number of nitrogens with zero attached hydrogens (tertiary/aromatic N) is 3. The van der Waals surface area contributed by atoms with Crippen LogP contribution in [0.5, 0.6) is 5.88 Å². The number of nitrogens with one attached hydrogen (secondary N) is 2. The molecule has 1 amide bonds. The summed E-state index contributed by atoms with van der Waals surface area (Å²) >= 11 is 0. The van der Waals surface area contributed by atoms with E-state index in [1.807, 2.05) is 11.9 Å². The molecule has 2 fully saturated rings. The lowest BCUT2D eigenvalue weighted by Gasteiger charge is -2.35. The first-order valence-corrected chi connectivity index (χ1v) is 13.3. The van der Waals surface area contributed by atoms with E-state index in [2.05, 4.69) is 27.1 Å². The largest absolute Gasteiger partial charge is 0.474 e. The van der Waals surface area contributed by atoms with Gasteiger partial charge in [-0.3, -0.25) is 4.79 Å². The van der Waals surface area contributed by atoms with Gasteiger partial charge in [0, 0.05) is 74.3 Å². The zero-order valence-corrected chi connectivity index (χ0v) is 22.6. The van der Waals surface area contributed by atoms with Crippen LogP contribution in [0.1, 0.15) is 12.8 Å². The fourth-order valence-electron chi connectivity index (χ4n) is 4.92. The third kappa shape index (κ3) is 6.71. The predicted octanol–water partition coefficient (Wildman–Crippen LogP) is 4.63. The minimum Gasteiger partial charge on any atom is -0.474 e. The second kappa shape index (κ2) is 11.9. The first kappa shape index (κ1) is 28.6. The van der Waals surface area contributed by atoms with Gasteiger partial charge in [0.2, 0.25) is 5.88 Å². The summed E-state index contributed by atoms with van der Waals surface area (Å²) < 4.78 is 68.0. The first-order chi connectivity index (χ1) is 19.6. The summed E-state index contributed by atoms with van der Waals surface area (Å²) in [5.74, 6) is -1.14. The molecule has 1 aromatic heterocycles. The van der Waals surface area contributed by atoms with Gasteiger partial charge in [-0.25, -0.2) is 9.37 Å².